The number of hydrogen-bond donors (Lipinski definition) is 1. The van der Waals surface area contributed by atoms with E-state index in [0.29, 0.717) is 13.0 Å². The van der Waals surface area contributed by atoms with Gasteiger partial charge in [-0.05, 0) is 30.9 Å². The molecule has 1 saturated carbocycles. The van der Waals surface area contributed by atoms with Gasteiger partial charge in [-0.15, -0.1) is 0 Å². The molecule has 17 heavy (non-hydrogen) atoms. The van der Waals surface area contributed by atoms with Crippen molar-refractivity contribution in [2.75, 3.05) is 6.61 Å². The first-order valence-corrected chi connectivity index (χ1v) is 6.16. The quantitative estimate of drug-likeness (QED) is 0.809. The second kappa shape index (κ2) is 4.49. The fraction of sp³-hybridized carbons (Fsp3) is 0.500. The number of hydrogen-bond acceptors (Lipinski definition) is 3. The maximum absolute atomic E-state index is 11.7. The van der Waals surface area contributed by atoms with Gasteiger partial charge in [0, 0.05) is 5.92 Å². The molecule has 0 saturated heterocycles. The summed E-state index contributed by atoms with van der Waals surface area (Å²) in [5.74, 6) is -0.156. The minimum Gasteiger partial charge on any atom is -0.465 e. The molecule has 0 aromatic heterocycles. The molecule has 0 bridgehead atoms. The molecular formula is C14H19NO2. The Hall–Kier alpha value is -1.35. The Morgan fingerprint density at radius 2 is 2.06 bits per heavy atom. The van der Waals surface area contributed by atoms with Gasteiger partial charge < -0.3 is 10.5 Å². The molecule has 0 spiro atoms. The van der Waals surface area contributed by atoms with Gasteiger partial charge in [0.15, 0.2) is 0 Å². The van der Waals surface area contributed by atoms with Crippen LogP contribution in [0, 0.1) is 0 Å². The predicted octanol–water partition coefficient (Wildman–Crippen LogP) is 2.00. The van der Waals surface area contributed by atoms with Gasteiger partial charge in [-0.2, -0.15) is 0 Å². The Balaban J connectivity index is 2.08. The Morgan fingerprint density at radius 3 is 2.59 bits per heavy atom. The summed E-state index contributed by atoms with van der Waals surface area (Å²) in [6.07, 6.45) is 1.72. The van der Waals surface area contributed by atoms with Crippen LogP contribution in [0.5, 0.6) is 0 Å². The van der Waals surface area contributed by atoms with Crippen LogP contribution in [0.1, 0.15) is 37.3 Å². The highest BCUT2D eigenvalue weighted by molar-refractivity contribution is 5.86. The van der Waals surface area contributed by atoms with Crippen LogP contribution in [0.15, 0.2) is 24.3 Å². The predicted molar refractivity (Wildman–Crippen MR) is 66.7 cm³/mol. The lowest BCUT2D eigenvalue weighted by molar-refractivity contribution is -0.145. The van der Waals surface area contributed by atoms with E-state index in [4.69, 9.17) is 10.5 Å². The summed E-state index contributed by atoms with van der Waals surface area (Å²) in [5.41, 5.74) is 7.70. The smallest absolute Gasteiger partial charge is 0.326 e. The summed E-state index contributed by atoms with van der Waals surface area (Å²) in [5, 5.41) is 0. The molecule has 2 rings (SSSR count). The molecule has 1 aromatic carbocycles. The zero-order valence-corrected chi connectivity index (χ0v) is 10.4. The number of rotatable bonds is 4. The monoisotopic (exact) mass is 233 g/mol. The first-order valence-electron chi connectivity index (χ1n) is 6.16. The standard InChI is InChI=1S/C14H19NO2/c1-3-10-5-7-11(8-6-10)12-9-14(12,15)13(16)17-4-2/h5-8,12H,3-4,9,15H2,1-2H3. The molecule has 3 heteroatoms. The van der Waals surface area contributed by atoms with Crippen molar-refractivity contribution in [3.63, 3.8) is 0 Å². The van der Waals surface area contributed by atoms with Gasteiger partial charge in [-0.25, -0.2) is 0 Å². The molecule has 1 fully saturated rings. The molecule has 0 heterocycles. The van der Waals surface area contributed by atoms with E-state index in [1.807, 2.05) is 0 Å². The number of nitrogens with two attached hydrogens (primary N) is 1. The van der Waals surface area contributed by atoms with Crippen LogP contribution in [0.3, 0.4) is 0 Å². The van der Waals surface area contributed by atoms with Gasteiger partial charge in [0.2, 0.25) is 0 Å². The van der Waals surface area contributed by atoms with Gasteiger partial charge in [-0.1, -0.05) is 31.2 Å². The van der Waals surface area contributed by atoms with Crippen LogP contribution in [-0.2, 0) is 16.0 Å². The van der Waals surface area contributed by atoms with Crippen molar-refractivity contribution in [1.82, 2.24) is 0 Å². The Morgan fingerprint density at radius 1 is 1.41 bits per heavy atom. The number of benzene rings is 1. The van der Waals surface area contributed by atoms with E-state index in [9.17, 15) is 4.79 Å². The minimum absolute atomic E-state index is 0.118. The maximum Gasteiger partial charge on any atom is 0.326 e. The second-order valence-electron chi connectivity index (χ2n) is 4.61. The molecule has 0 radical (unpaired) electrons. The Kier molecular flexibility index (Phi) is 3.20. The zero-order valence-electron chi connectivity index (χ0n) is 10.4. The van der Waals surface area contributed by atoms with E-state index in [0.717, 1.165) is 12.0 Å². The summed E-state index contributed by atoms with van der Waals surface area (Å²) in [7, 11) is 0. The van der Waals surface area contributed by atoms with E-state index in [1.54, 1.807) is 6.92 Å². The fourth-order valence-corrected chi connectivity index (χ4v) is 2.17. The molecule has 0 aliphatic heterocycles. The van der Waals surface area contributed by atoms with Crippen LogP contribution >= 0.6 is 0 Å². The average molecular weight is 233 g/mol. The highest BCUT2D eigenvalue weighted by atomic mass is 16.5. The summed E-state index contributed by atoms with van der Waals surface area (Å²) in [4.78, 5) is 11.7. The van der Waals surface area contributed by atoms with Gasteiger partial charge in [0.05, 0.1) is 6.61 Å². The topological polar surface area (TPSA) is 52.3 Å². The van der Waals surface area contributed by atoms with Crippen LogP contribution < -0.4 is 5.73 Å². The van der Waals surface area contributed by atoms with Crippen molar-refractivity contribution < 1.29 is 9.53 Å². The highest BCUT2D eigenvalue weighted by Crippen LogP contribution is 2.50. The normalized spacial score (nSPS) is 26.6. The molecular weight excluding hydrogens is 214 g/mol. The average Bonchev–Trinajstić information content (AvgIpc) is 3.04. The first kappa shape index (κ1) is 12.1. The van der Waals surface area contributed by atoms with Gasteiger partial charge in [0.1, 0.15) is 5.54 Å². The molecule has 3 nitrogen and oxygen atoms in total. The molecule has 1 aliphatic carbocycles. The molecule has 1 aliphatic rings. The third kappa shape index (κ3) is 2.20. The van der Waals surface area contributed by atoms with Crippen molar-refractivity contribution in [3.05, 3.63) is 35.4 Å². The van der Waals surface area contributed by atoms with Crippen molar-refractivity contribution in [1.29, 1.82) is 0 Å². The number of aryl methyl sites for hydroxylation is 1. The summed E-state index contributed by atoms with van der Waals surface area (Å²) < 4.78 is 5.00. The number of carbonyl (C=O) groups is 1. The number of ether oxygens (including phenoxy) is 1. The van der Waals surface area contributed by atoms with E-state index >= 15 is 0 Å². The molecule has 0 amide bonds. The SMILES string of the molecule is CCOC(=O)C1(N)CC1c1ccc(CC)cc1. The zero-order chi connectivity index (χ0) is 12.5. The lowest BCUT2D eigenvalue weighted by Crippen LogP contribution is -2.36. The second-order valence-corrected chi connectivity index (χ2v) is 4.61. The highest BCUT2D eigenvalue weighted by Gasteiger charge is 2.58. The summed E-state index contributed by atoms with van der Waals surface area (Å²) in [6, 6.07) is 8.33. The largest absolute Gasteiger partial charge is 0.465 e. The van der Waals surface area contributed by atoms with Crippen LogP contribution in [0.2, 0.25) is 0 Å². The Labute approximate surface area is 102 Å². The third-order valence-corrected chi connectivity index (χ3v) is 3.45. The van der Waals surface area contributed by atoms with Crippen molar-refractivity contribution in [2.24, 2.45) is 5.73 Å². The van der Waals surface area contributed by atoms with Crippen LogP contribution in [-0.4, -0.2) is 18.1 Å². The maximum atomic E-state index is 11.7. The molecule has 2 unspecified atom stereocenters. The van der Waals surface area contributed by atoms with Crippen molar-refractivity contribution in [2.45, 2.75) is 38.1 Å². The molecule has 1 aromatic rings. The van der Waals surface area contributed by atoms with E-state index in [2.05, 4.69) is 31.2 Å². The lowest BCUT2D eigenvalue weighted by atomic mass is 10.0. The van der Waals surface area contributed by atoms with Crippen molar-refractivity contribution >= 4 is 5.97 Å². The fourth-order valence-electron chi connectivity index (χ4n) is 2.17. The molecule has 2 N–H and O–H groups in total. The third-order valence-electron chi connectivity index (χ3n) is 3.45. The summed E-state index contributed by atoms with van der Waals surface area (Å²) >= 11 is 0. The van der Waals surface area contributed by atoms with E-state index in [1.165, 1.54) is 5.56 Å². The van der Waals surface area contributed by atoms with Gasteiger partial charge in [0.25, 0.3) is 0 Å². The minimum atomic E-state index is -0.788. The van der Waals surface area contributed by atoms with Crippen LogP contribution in [0.4, 0.5) is 0 Å². The number of carbonyl (C=O) groups excluding carboxylic acids is 1. The molecule has 2 atom stereocenters. The lowest BCUT2D eigenvalue weighted by Gasteiger charge is -2.10. The van der Waals surface area contributed by atoms with E-state index in [-0.39, 0.29) is 11.9 Å². The van der Waals surface area contributed by atoms with Gasteiger partial charge in [-0.3, -0.25) is 4.79 Å². The Bertz CT molecular complexity index is 413. The number of esters is 1. The van der Waals surface area contributed by atoms with Gasteiger partial charge >= 0.3 is 5.97 Å². The summed E-state index contributed by atoms with van der Waals surface area (Å²) in [6.45, 7) is 4.31. The first-order chi connectivity index (χ1) is 8.11. The van der Waals surface area contributed by atoms with E-state index < -0.39 is 5.54 Å². The van der Waals surface area contributed by atoms with Crippen molar-refractivity contribution in [3.8, 4) is 0 Å². The molecule has 92 valence electrons. The van der Waals surface area contributed by atoms with Crippen LogP contribution in [0.25, 0.3) is 0 Å².